The molecule has 6 aliphatic heterocycles. The first-order valence-electron chi connectivity index (χ1n) is 24.5. The van der Waals surface area contributed by atoms with Gasteiger partial charge >= 0.3 is 0 Å². The predicted octanol–water partition coefficient (Wildman–Crippen LogP) is 4.40. The molecule has 1 aromatic heterocycles. The van der Waals surface area contributed by atoms with E-state index >= 15 is 8.78 Å². The molecule has 2 aromatic carbocycles. The summed E-state index contributed by atoms with van der Waals surface area (Å²) in [7, 11) is 2.19. The highest BCUT2D eigenvalue weighted by Gasteiger charge is 2.46. The van der Waals surface area contributed by atoms with Gasteiger partial charge in [0.15, 0.2) is 0 Å². The summed E-state index contributed by atoms with van der Waals surface area (Å²) in [5, 5.41) is 8.86. The number of imide groups is 2. The van der Waals surface area contributed by atoms with Crippen LogP contribution in [0.3, 0.4) is 0 Å². The number of hydrogen-bond acceptors (Lipinski definition) is 13. The Hall–Kier alpha value is -5.75. The molecule has 5 amide bonds. The Balaban J connectivity index is 0.677. The fourth-order valence-electron chi connectivity index (χ4n) is 11.9. The molecular formula is C50H63F2N11O5. The van der Waals surface area contributed by atoms with E-state index in [0.29, 0.717) is 69.0 Å². The molecule has 4 atom stereocenters. The summed E-state index contributed by atoms with van der Waals surface area (Å²) in [6.07, 6.45) is 8.29. The van der Waals surface area contributed by atoms with Crippen LogP contribution in [-0.4, -0.2) is 144 Å². The largest absolute Gasteiger partial charge is 0.385 e. The van der Waals surface area contributed by atoms with Gasteiger partial charge in [-0.05, 0) is 120 Å². The highest BCUT2D eigenvalue weighted by atomic mass is 19.1. The standard InChI is InChI=1S/C50H63F2N11O5/c1-49(2)9-15-59(16-10-49)25-33-21-39(52)41(23-38(33)51)62-28-45(65)57-50(29-62)11-17-60(18-12-50)42-24-43(55-30-54-42)61-26-31-19-35(20-32(31)27-61)58(3)14-4-13-53-34-5-6-36-37(22-34)48(68)63(47(36)67)40-7-8-44(64)56-46(40)66/h5-6,21-24,30-32,35,40,53H,4,7-20,25-29H2,1-3H3,(H,57,65)(H,56,64,66)/t31-,32+,35-,40?. The van der Waals surface area contributed by atoms with E-state index in [1.165, 1.54) is 12.1 Å². The maximum absolute atomic E-state index is 15.7. The van der Waals surface area contributed by atoms with E-state index in [1.54, 1.807) is 29.4 Å². The topological polar surface area (TPSA) is 167 Å². The van der Waals surface area contributed by atoms with Crippen molar-refractivity contribution in [2.75, 3.05) is 92.5 Å². The van der Waals surface area contributed by atoms with E-state index in [4.69, 9.17) is 4.98 Å². The summed E-state index contributed by atoms with van der Waals surface area (Å²) < 4.78 is 31.3. The average Bonchev–Trinajstić information content (AvgIpc) is 3.97. The van der Waals surface area contributed by atoms with E-state index in [2.05, 4.69) is 67.5 Å². The predicted molar refractivity (Wildman–Crippen MR) is 252 cm³/mol. The van der Waals surface area contributed by atoms with Gasteiger partial charge in [-0.15, -0.1) is 0 Å². The van der Waals surface area contributed by atoms with Crippen LogP contribution < -0.4 is 30.7 Å². The molecular weight excluding hydrogens is 873 g/mol. The number of carbonyl (C=O) groups excluding carboxylic acids is 5. The van der Waals surface area contributed by atoms with E-state index in [9.17, 15) is 24.0 Å². The summed E-state index contributed by atoms with van der Waals surface area (Å²) in [5.41, 5.74) is 1.46. The lowest BCUT2D eigenvalue weighted by atomic mass is 9.82. The summed E-state index contributed by atoms with van der Waals surface area (Å²) in [6, 6.07) is 9.27. The van der Waals surface area contributed by atoms with Crippen molar-refractivity contribution in [1.29, 1.82) is 0 Å². The third kappa shape index (κ3) is 9.25. The second kappa shape index (κ2) is 18.3. The molecule has 5 saturated heterocycles. The van der Waals surface area contributed by atoms with Crippen LogP contribution in [0.4, 0.5) is 31.8 Å². The quantitative estimate of drug-likeness (QED) is 0.173. The van der Waals surface area contributed by atoms with Crippen molar-refractivity contribution in [3.63, 3.8) is 0 Å². The van der Waals surface area contributed by atoms with Crippen LogP contribution in [0.1, 0.15) is 97.9 Å². The second-order valence-electron chi connectivity index (χ2n) is 21.3. The summed E-state index contributed by atoms with van der Waals surface area (Å²) in [4.78, 5) is 84.8. The molecule has 1 spiro atoms. The molecule has 1 unspecified atom stereocenters. The summed E-state index contributed by atoms with van der Waals surface area (Å²) in [6.45, 7) is 11.7. The molecule has 362 valence electrons. The second-order valence-corrected chi connectivity index (χ2v) is 21.3. The fourth-order valence-corrected chi connectivity index (χ4v) is 11.9. The first-order chi connectivity index (χ1) is 32.6. The van der Waals surface area contributed by atoms with Crippen molar-refractivity contribution >= 4 is 52.5 Å². The fraction of sp³-hybridized carbons (Fsp3) is 0.580. The molecule has 10 rings (SSSR count). The molecule has 3 N–H and O–H groups in total. The van der Waals surface area contributed by atoms with E-state index < -0.39 is 46.8 Å². The Bertz CT molecular complexity index is 2470. The average molecular weight is 936 g/mol. The molecule has 18 heteroatoms. The van der Waals surface area contributed by atoms with Gasteiger partial charge < -0.3 is 30.2 Å². The van der Waals surface area contributed by atoms with Crippen LogP contribution in [0.2, 0.25) is 0 Å². The molecule has 0 radical (unpaired) electrons. The molecule has 7 aliphatic rings. The Kier molecular flexibility index (Phi) is 12.4. The van der Waals surface area contributed by atoms with Crippen LogP contribution in [0, 0.1) is 28.9 Å². The zero-order chi connectivity index (χ0) is 47.5. The highest BCUT2D eigenvalue weighted by molar-refractivity contribution is 6.23. The molecule has 68 heavy (non-hydrogen) atoms. The molecule has 3 aromatic rings. The zero-order valence-electron chi connectivity index (χ0n) is 39.4. The summed E-state index contributed by atoms with van der Waals surface area (Å²) >= 11 is 0. The zero-order valence-corrected chi connectivity index (χ0v) is 39.4. The number of carbonyl (C=O) groups is 5. The number of halogens is 2. The van der Waals surface area contributed by atoms with E-state index in [-0.39, 0.29) is 47.5 Å². The Labute approximate surface area is 396 Å². The van der Waals surface area contributed by atoms with Gasteiger partial charge in [0.25, 0.3) is 11.8 Å². The molecule has 16 nitrogen and oxygen atoms in total. The van der Waals surface area contributed by atoms with Gasteiger partial charge in [0.1, 0.15) is 35.6 Å². The number of piperidine rings is 3. The van der Waals surface area contributed by atoms with Crippen LogP contribution in [0.5, 0.6) is 0 Å². The molecule has 6 fully saturated rings. The number of aromatic nitrogens is 2. The Morgan fingerprint density at radius 2 is 1.51 bits per heavy atom. The third-order valence-electron chi connectivity index (χ3n) is 16.1. The maximum atomic E-state index is 15.7. The normalized spacial score (nSPS) is 25.9. The number of amides is 5. The lowest BCUT2D eigenvalue weighted by molar-refractivity contribution is -0.136. The van der Waals surface area contributed by atoms with Crippen LogP contribution >= 0.6 is 0 Å². The number of piperazine rings is 1. The van der Waals surface area contributed by atoms with Gasteiger partial charge in [-0.3, -0.25) is 39.1 Å². The van der Waals surface area contributed by atoms with Gasteiger partial charge in [0.2, 0.25) is 17.7 Å². The smallest absolute Gasteiger partial charge is 0.262 e. The van der Waals surface area contributed by atoms with Gasteiger partial charge in [-0.2, -0.15) is 0 Å². The number of fused-ring (bicyclic) bond motifs is 2. The molecule has 1 saturated carbocycles. The number of anilines is 4. The molecule has 7 heterocycles. The van der Waals surface area contributed by atoms with Crippen molar-refractivity contribution in [3.8, 4) is 0 Å². The van der Waals surface area contributed by atoms with Gasteiger partial charge in [-0.1, -0.05) is 13.8 Å². The van der Waals surface area contributed by atoms with Gasteiger partial charge in [-0.25, -0.2) is 18.7 Å². The lowest BCUT2D eigenvalue weighted by Gasteiger charge is -2.48. The van der Waals surface area contributed by atoms with Gasteiger partial charge in [0, 0.05) is 81.7 Å². The first-order valence-corrected chi connectivity index (χ1v) is 24.5. The summed E-state index contributed by atoms with van der Waals surface area (Å²) in [5.74, 6) is -0.266. The van der Waals surface area contributed by atoms with Crippen molar-refractivity contribution in [2.24, 2.45) is 17.3 Å². The monoisotopic (exact) mass is 935 g/mol. The van der Waals surface area contributed by atoms with Crippen molar-refractivity contribution < 1.29 is 32.8 Å². The van der Waals surface area contributed by atoms with Crippen LogP contribution in [-0.2, 0) is 20.9 Å². The minimum Gasteiger partial charge on any atom is -0.385 e. The van der Waals surface area contributed by atoms with Gasteiger partial charge in [0.05, 0.1) is 28.9 Å². The van der Waals surface area contributed by atoms with Crippen molar-refractivity contribution in [1.82, 2.24) is 35.3 Å². The maximum Gasteiger partial charge on any atom is 0.262 e. The third-order valence-corrected chi connectivity index (χ3v) is 16.1. The van der Waals surface area contributed by atoms with E-state index in [1.807, 2.05) is 0 Å². The number of hydrogen-bond donors (Lipinski definition) is 3. The minimum absolute atomic E-state index is 0.0190. The number of likely N-dealkylation sites (tertiary alicyclic amines) is 1. The lowest BCUT2D eigenvalue weighted by Crippen LogP contribution is -2.66. The number of nitrogens with zero attached hydrogens (tertiary/aromatic N) is 8. The van der Waals surface area contributed by atoms with Crippen molar-refractivity contribution in [2.45, 2.75) is 95.8 Å². The molecule has 1 aliphatic carbocycles. The first kappa shape index (κ1) is 46.0. The van der Waals surface area contributed by atoms with Crippen molar-refractivity contribution in [3.05, 3.63) is 71.1 Å². The number of rotatable bonds is 12. The van der Waals surface area contributed by atoms with Crippen LogP contribution in [0.25, 0.3) is 0 Å². The Morgan fingerprint density at radius 1 is 0.809 bits per heavy atom. The Morgan fingerprint density at radius 3 is 2.24 bits per heavy atom. The SMILES string of the molecule is CN(CCCNc1ccc2c(c1)C(=O)N(C1CCC(=O)NC1=O)C2=O)[C@@H]1C[C@@H]2CN(c3cc(N4CCC5(CC4)CN(c4cc(F)c(CN6CCC(C)(C)CC6)cc4F)CC(=O)N5)ncn3)C[C@@H]2C1. The minimum atomic E-state index is -0.988. The van der Waals surface area contributed by atoms with E-state index in [0.717, 1.165) is 87.1 Å². The van der Waals surface area contributed by atoms with Crippen LogP contribution in [0.15, 0.2) is 42.7 Å². The molecule has 0 bridgehead atoms. The number of benzene rings is 2. The highest BCUT2D eigenvalue weighted by Crippen LogP contribution is 2.42. The number of nitrogens with one attached hydrogen (secondary N) is 3.